The average Bonchev–Trinajstić information content (AvgIpc) is 2.34. The number of hydrogen-bond acceptors (Lipinski definition) is 3. The topological polar surface area (TPSA) is 97.3 Å². The van der Waals surface area contributed by atoms with E-state index in [1.165, 1.54) is 70.6 Å². The second-order valence-electron chi connectivity index (χ2n) is 5.39. The third kappa shape index (κ3) is 28.8. The molecule has 0 rings (SSSR count). The normalized spacial score (nSPS) is 9.19. The van der Waals surface area contributed by atoms with Crippen LogP contribution in [0.15, 0.2) is 0 Å². The molecule has 0 heterocycles. The summed E-state index contributed by atoms with van der Waals surface area (Å²) in [5.41, 5.74) is 0. The summed E-state index contributed by atoms with van der Waals surface area (Å²) < 4.78 is 0. The van der Waals surface area contributed by atoms with Gasteiger partial charge in [-0.1, -0.05) is 84.0 Å². The van der Waals surface area contributed by atoms with Crippen molar-refractivity contribution in [2.45, 2.75) is 96.8 Å². The van der Waals surface area contributed by atoms with E-state index in [0.29, 0.717) is 6.42 Å². The zero-order valence-corrected chi connectivity index (χ0v) is 16.8. The molecule has 0 aromatic rings. The van der Waals surface area contributed by atoms with Gasteiger partial charge in [0.1, 0.15) is 0 Å². The van der Waals surface area contributed by atoms with Gasteiger partial charge in [-0.25, -0.2) is 0 Å². The van der Waals surface area contributed by atoms with Gasteiger partial charge in [0, 0.05) is 6.42 Å². The first-order chi connectivity index (χ1) is 8.77. The van der Waals surface area contributed by atoms with E-state index in [4.69, 9.17) is 5.11 Å². The molecular weight excluding hydrogens is 322 g/mol. The van der Waals surface area contributed by atoms with Crippen molar-refractivity contribution in [1.29, 1.82) is 0 Å². The predicted molar refractivity (Wildman–Crippen MR) is 81.8 cm³/mol. The molecule has 0 aliphatic rings. The maximum absolute atomic E-state index is 10.3. The fourth-order valence-electron chi connectivity index (χ4n) is 2.29. The van der Waals surface area contributed by atoms with Crippen LogP contribution < -0.4 is 0 Å². The number of rotatable bonds is 14. The molecule has 0 amide bonds. The van der Waals surface area contributed by atoms with E-state index < -0.39 is 5.97 Å². The average molecular weight is 356 g/mol. The molecule has 0 atom stereocenters. The first kappa shape index (κ1) is 29.1. The van der Waals surface area contributed by atoms with Crippen LogP contribution in [-0.2, 0) is 24.3 Å². The molecule has 0 saturated carbocycles. The summed E-state index contributed by atoms with van der Waals surface area (Å²) in [5, 5.41) is 8.49. The second-order valence-corrected chi connectivity index (χ2v) is 5.39. The van der Waals surface area contributed by atoms with Crippen molar-refractivity contribution in [3.8, 4) is 0 Å². The molecule has 0 aromatic carbocycles. The van der Waals surface area contributed by atoms with Crippen molar-refractivity contribution < 1.29 is 40.3 Å². The van der Waals surface area contributed by atoms with Gasteiger partial charge in [0.05, 0.1) is 0 Å². The first-order valence-electron chi connectivity index (χ1n) is 7.99. The molecular formula is C16H34O4Zn. The summed E-state index contributed by atoms with van der Waals surface area (Å²) in [6, 6.07) is 0. The summed E-state index contributed by atoms with van der Waals surface area (Å²) in [6.07, 6.45) is 17.3. The van der Waals surface area contributed by atoms with E-state index in [9.17, 15) is 4.79 Å². The molecule has 0 radical (unpaired) electrons. The summed E-state index contributed by atoms with van der Waals surface area (Å²) in [6.45, 7) is 2.26. The molecule has 4 nitrogen and oxygen atoms in total. The Hall–Kier alpha value is 0.0134. The van der Waals surface area contributed by atoms with Gasteiger partial charge >= 0.3 is 25.4 Å². The van der Waals surface area contributed by atoms with E-state index >= 15 is 0 Å². The number of hydrogen-bond donors (Lipinski definition) is 1. The third-order valence-electron chi connectivity index (χ3n) is 3.49. The molecule has 0 aliphatic carbocycles. The van der Waals surface area contributed by atoms with E-state index in [1.807, 2.05) is 0 Å². The van der Waals surface area contributed by atoms with Crippen LogP contribution in [0.3, 0.4) is 0 Å². The number of unbranched alkanes of at least 4 members (excludes halogenated alkanes) is 12. The molecule has 0 bridgehead atoms. The van der Waals surface area contributed by atoms with Crippen molar-refractivity contribution in [2.75, 3.05) is 0 Å². The summed E-state index contributed by atoms with van der Waals surface area (Å²) >= 11 is 0. The molecule has 3 N–H and O–H groups in total. The number of carboxylic acid groups (broad SMARTS) is 1. The van der Waals surface area contributed by atoms with Crippen LogP contribution in [0.5, 0.6) is 0 Å². The van der Waals surface area contributed by atoms with Crippen molar-refractivity contribution in [2.24, 2.45) is 0 Å². The summed E-state index contributed by atoms with van der Waals surface area (Å²) in [5.74, 6) is -0.655. The minimum atomic E-state index is -0.655. The largest absolute Gasteiger partial charge is 2.00 e. The number of carboxylic acids is 1. The summed E-state index contributed by atoms with van der Waals surface area (Å²) in [7, 11) is 0. The van der Waals surface area contributed by atoms with E-state index in [-0.39, 0.29) is 30.4 Å². The molecule has 0 spiro atoms. The Bertz CT molecular complexity index is 189. The van der Waals surface area contributed by atoms with Crippen LogP contribution in [0, 0.1) is 0 Å². The zero-order valence-electron chi connectivity index (χ0n) is 13.9. The maximum Gasteiger partial charge on any atom is 2.00 e. The van der Waals surface area contributed by atoms with Crippen LogP contribution in [0.25, 0.3) is 0 Å². The smallest absolute Gasteiger partial charge is 0.870 e. The van der Waals surface area contributed by atoms with Crippen LogP contribution in [0.1, 0.15) is 96.8 Å². The Morgan fingerprint density at radius 1 is 0.667 bits per heavy atom. The van der Waals surface area contributed by atoms with Gasteiger partial charge in [-0.2, -0.15) is 0 Å². The Morgan fingerprint density at radius 3 is 1.24 bits per heavy atom. The van der Waals surface area contributed by atoms with E-state index in [2.05, 4.69) is 6.92 Å². The van der Waals surface area contributed by atoms with Gasteiger partial charge in [-0.05, 0) is 6.42 Å². The van der Waals surface area contributed by atoms with Gasteiger partial charge in [-0.3, -0.25) is 4.79 Å². The molecule has 0 aromatic heterocycles. The van der Waals surface area contributed by atoms with Crippen LogP contribution in [-0.4, -0.2) is 22.0 Å². The molecule has 124 valence electrons. The Morgan fingerprint density at radius 2 is 0.952 bits per heavy atom. The minimum absolute atomic E-state index is 0. The fourth-order valence-corrected chi connectivity index (χ4v) is 2.29. The summed E-state index contributed by atoms with van der Waals surface area (Å²) in [4.78, 5) is 10.3. The third-order valence-corrected chi connectivity index (χ3v) is 3.49. The van der Waals surface area contributed by atoms with Crippen molar-refractivity contribution >= 4 is 5.97 Å². The Balaban J connectivity index is -0.000000482. The zero-order chi connectivity index (χ0) is 13.5. The Labute approximate surface area is 143 Å². The molecule has 21 heavy (non-hydrogen) atoms. The molecule has 5 heteroatoms. The monoisotopic (exact) mass is 354 g/mol. The minimum Gasteiger partial charge on any atom is -0.870 e. The molecule has 0 fully saturated rings. The standard InChI is InChI=1S/C16H32O2.2H2O.Zn/c1-2-3-4-5-6-7-8-9-10-11-12-13-14-15-16(17)18;;;/h2-15H2,1H3,(H,17,18);2*1H2;/q;;;+2/p-2. The van der Waals surface area contributed by atoms with Crippen molar-refractivity contribution in [3.05, 3.63) is 0 Å². The second kappa shape index (κ2) is 25.0. The van der Waals surface area contributed by atoms with Crippen LogP contribution in [0.2, 0.25) is 0 Å². The molecule has 0 aliphatic heterocycles. The van der Waals surface area contributed by atoms with E-state index in [1.54, 1.807) is 0 Å². The molecule has 0 saturated heterocycles. The van der Waals surface area contributed by atoms with Crippen LogP contribution in [0.4, 0.5) is 0 Å². The first-order valence-corrected chi connectivity index (χ1v) is 7.99. The van der Waals surface area contributed by atoms with Gasteiger partial charge in [-0.15, -0.1) is 0 Å². The van der Waals surface area contributed by atoms with E-state index in [0.717, 1.165) is 12.8 Å². The Kier molecular flexibility index (Phi) is 34.6. The van der Waals surface area contributed by atoms with Crippen LogP contribution >= 0.6 is 0 Å². The number of carbonyl (C=O) groups is 1. The number of aliphatic carboxylic acids is 1. The van der Waals surface area contributed by atoms with Crippen molar-refractivity contribution in [3.63, 3.8) is 0 Å². The molecule has 0 unspecified atom stereocenters. The van der Waals surface area contributed by atoms with Gasteiger partial charge < -0.3 is 16.1 Å². The fraction of sp³-hybridized carbons (Fsp3) is 0.938. The van der Waals surface area contributed by atoms with Gasteiger partial charge in [0.15, 0.2) is 0 Å². The predicted octanol–water partition coefficient (Wildman–Crippen LogP) is 5.20. The quantitative estimate of drug-likeness (QED) is 0.342. The van der Waals surface area contributed by atoms with Gasteiger partial charge in [0.2, 0.25) is 0 Å². The SMILES string of the molecule is CCCCCCCCCCCCCCCC(=O)O.[OH-].[OH-].[Zn+2]. The van der Waals surface area contributed by atoms with Gasteiger partial charge in [0.25, 0.3) is 0 Å². The van der Waals surface area contributed by atoms with Crippen molar-refractivity contribution in [1.82, 2.24) is 0 Å². The maximum atomic E-state index is 10.3.